The summed E-state index contributed by atoms with van der Waals surface area (Å²) >= 11 is 0. The van der Waals surface area contributed by atoms with E-state index in [1.54, 1.807) is 17.1 Å². The fraction of sp³-hybridized carbons (Fsp3) is 0.333. The molecule has 6 nitrogen and oxygen atoms in total. The van der Waals surface area contributed by atoms with Gasteiger partial charge >= 0.3 is 0 Å². The predicted octanol–water partition coefficient (Wildman–Crippen LogP) is -0.0829. The average molecular weight is 205 g/mol. The van der Waals surface area contributed by atoms with Crippen LogP contribution in [0.15, 0.2) is 18.6 Å². The molecule has 0 saturated carbocycles. The van der Waals surface area contributed by atoms with Gasteiger partial charge < -0.3 is 9.67 Å². The van der Waals surface area contributed by atoms with Crippen LogP contribution in [0.3, 0.4) is 0 Å². The number of aliphatic hydroxyl groups excluding tert-OH is 1. The maximum Gasteiger partial charge on any atom is 0.158 e. The van der Waals surface area contributed by atoms with Crippen molar-refractivity contribution in [2.45, 2.75) is 20.1 Å². The van der Waals surface area contributed by atoms with Gasteiger partial charge in [-0.15, -0.1) is 10.2 Å². The Balaban J connectivity index is 2.22. The lowest BCUT2D eigenvalue weighted by Gasteiger charge is -2.04. The quantitative estimate of drug-likeness (QED) is 0.758. The molecule has 0 unspecified atom stereocenters. The zero-order valence-electron chi connectivity index (χ0n) is 8.33. The summed E-state index contributed by atoms with van der Waals surface area (Å²) in [7, 11) is 0. The van der Waals surface area contributed by atoms with Crippen LogP contribution >= 0.6 is 0 Å². The molecule has 0 spiro atoms. The number of aromatic nitrogens is 5. The summed E-state index contributed by atoms with van der Waals surface area (Å²) in [5, 5.41) is 16.5. The third-order valence-corrected chi connectivity index (χ3v) is 2.00. The first-order valence-electron chi connectivity index (χ1n) is 4.55. The molecule has 78 valence electrons. The fourth-order valence-electron chi connectivity index (χ4n) is 1.30. The minimum atomic E-state index is -0.121. The van der Waals surface area contributed by atoms with Gasteiger partial charge in [0.25, 0.3) is 0 Å². The second kappa shape index (κ2) is 4.14. The Labute approximate surface area is 86.6 Å². The van der Waals surface area contributed by atoms with E-state index in [0.717, 1.165) is 11.5 Å². The third kappa shape index (κ3) is 2.16. The van der Waals surface area contributed by atoms with E-state index >= 15 is 0 Å². The lowest BCUT2D eigenvalue weighted by atomic mass is 10.4. The van der Waals surface area contributed by atoms with Gasteiger partial charge in [-0.1, -0.05) is 0 Å². The van der Waals surface area contributed by atoms with Gasteiger partial charge in [0.1, 0.15) is 18.8 Å². The number of rotatable bonds is 3. The molecule has 0 fully saturated rings. The van der Waals surface area contributed by atoms with E-state index in [1.165, 1.54) is 0 Å². The molecular formula is C9H11N5O. The Bertz CT molecular complexity index is 453. The predicted molar refractivity (Wildman–Crippen MR) is 51.8 cm³/mol. The normalized spacial score (nSPS) is 10.5. The fourth-order valence-corrected chi connectivity index (χ4v) is 1.30. The van der Waals surface area contributed by atoms with Gasteiger partial charge in [-0.25, -0.2) is 9.97 Å². The SMILES string of the molecule is Cc1nccc(Cn2cnnc2CO)n1. The molecule has 0 saturated heterocycles. The summed E-state index contributed by atoms with van der Waals surface area (Å²) in [6, 6.07) is 1.83. The number of aliphatic hydroxyl groups is 1. The summed E-state index contributed by atoms with van der Waals surface area (Å²) < 4.78 is 1.75. The Kier molecular flexibility index (Phi) is 2.68. The number of hydrogen-bond donors (Lipinski definition) is 1. The second-order valence-corrected chi connectivity index (χ2v) is 3.13. The highest BCUT2D eigenvalue weighted by atomic mass is 16.3. The minimum Gasteiger partial charge on any atom is -0.388 e. The molecule has 15 heavy (non-hydrogen) atoms. The molecule has 0 radical (unpaired) electrons. The molecule has 0 aliphatic carbocycles. The molecule has 0 aliphatic heterocycles. The van der Waals surface area contributed by atoms with E-state index in [9.17, 15) is 0 Å². The monoisotopic (exact) mass is 205 g/mol. The van der Waals surface area contributed by atoms with Gasteiger partial charge in [0, 0.05) is 6.20 Å². The first kappa shape index (κ1) is 9.72. The molecule has 1 N–H and O–H groups in total. The maximum atomic E-state index is 8.98. The first-order valence-corrected chi connectivity index (χ1v) is 4.55. The summed E-state index contributed by atoms with van der Waals surface area (Å²) in [5.41, 5.74) is 0.872. The lowest BCUT2D eigenvalue weighted by molar-refractivity contribution is 0.265. The number of nitrogens with zero attached hydrogens (tertiary/aromatic N) is 5. The van der Waals surface area contributed by atoms with E-state index in [0.29, 0.717) is 12.4 Å². The Morgan fingerprint density at radius 3 is 3.07 bits per heavy atom. The van der Waals surface area contributed by atoms with E-state index in [1.807, 2.05) is 13.0 Å². The molecule has 0 atom stereocenters. The standard InChI is InChI=1S/C9H11N5O/c1-7-10-3-2-8(12-7)4-14-6-11-13-9(14)5-15/h2-3,6,15H,4-5H2,1H3. The average Bonchev–Trinajstić information content (AvgIpc) is 2.65. The zero-order valence-corrected chi connectivity index (χ0v) is 8.33. The van der Waals surface area contributed by atoms with Crippen molar-refractivity contribution in [2.75, 3.05) is 0 Å². The van der Waals surface area contributed by atoms with Crippen LogP contribution in [0.1, 0.15) is 17.3 Å². The lowest BCUT2D eigenvalue weighted by Crippen LogP contribution is -2.06. The van der Waals surface area contributed by atoms with Crippen molar-refractivity contribution in [3.63, 3.8) is 0 Å². The van der Waals surface area contributed by atoms with Crippen LogP contribution in [0.2, 0.25) is 0 Å². The number of hydrogen-bond acceptors (Lipinski definition) is 5. The molecule has 2 aromatic rings. The van der Waals surface area contributed by atoms with Crippen molar-refractivity contribution in [3.05, 3.63) is 35.9 Å². The van der Waals surface area contributed by atoms with Crippen LogP contribution in [-0.4, -0.2) is 29.8 Å². The Morgan fingerprint density at radius 1 is 1.47 bits per heavy atom. The smallest absolute Gasteiger partial charge is 0.158 e. The van der Waals surface area contributed by atoms with Crippen LogP contribution in [0, 0.1) is 6.92 Å². The van der Waals surface area contributed by atoms with Crippen molar-refractivity contribution in [3.8, 4) is 0 Å². The van der Waals surface area contributed by atoms with Crippen LogP contribution in [-0.2, 0) is 13.2 Å². The highest BCUT2D eigenvalue weighted by Crippen LogP contribution is 2.01. The maximum absolute atomic E-state index is 8.98. The van der Waals surface area contributed by atoms with E-state index in [-0.39, 0.29) is 6.61 Å². The second-order valence-electron chi connectivity index (χ2n) is 3.13. The van der Waals surface area contributed by atoms with Crippen molar-refractivity contribution < 1.29 is 5.11 Å². The molecule has 2 rings (SSSR count). The molecular weight excluding hydrogens is 194 g/mol. The highest BCUT2D eigenvalue weighted by molar-refractivity contribution is 5.03. The van der Waals surface area contributed by atoms with Crippen molar-refractivity contribution in [1.82, 2.24) is 24.7 Å². The Morgan fingerprint density at radius 2 is 2.33 bits per heavy atom. The summed E-state index contributed by atoms with van der Waals surface area (Å²) in [6.07, 6.45) is 3.28. The zero-order chi connectivity index (χ0) is 10.7. The minimum absolute atomic E-state index is 0.121. The molecule has 6 heteroatoms. The summed E-state index contributed by atoms with van der Waals surface area (Å²) in [5.74, 6) is 1.26. The van der Waals surface area contributed by atoms with Crippen LogP contribution < -0.4 is 0 Å². The number of aryl methyl sites for hydroxylation is 1. The van der Waals surface area contributed by atoms with E-state index in [2.05, 4.69) is 20.2 Å². The molecule has 0 amide bonds. The molecule has 0 aliphatic rings. The summed E-state index contributed by atoms with van der Waals surface area (Å²) in [6.45, 7) is 2.26. The Hall–Kier alpha value is -1.82. The van der Waals surface area contributed by atoms with E-state index in [4.69, 9.17) is 5.11 Å². The highest BCUT2D eigenvalue weighted by Gasteiger charge is 2.04. The van der Waals surface area contributed by atoms with Gasteiger partial charge in [0.15, 0.2) is 5.82 Å². The van der Waals surface area contributed by atoms with Crippen LogP contribution in [0.4, 0.5) is 0 Å². The van der Waals surface area contributed by atoms with Gasteiger partial charge in [-0.05, 0) is 13.0 Å². The van der Waals surface area contributed by atoms with E-state index < -0.39 is 0 Å². The van der Waals surface area contributed by atoms with Gasteiger partial charge in [0.05, 0.1) is 12.2 Å². The van der Waals surface area contributed by atoms with Crippen LogP contribution in [0.5, 0.6) is 0 Å². The molecule has 2 aromatic heterocycles. The van der Waals surface area contributed by atoms with Crippen molar-refractivity contribution in [2.24, 2.45) is 0 Å². The summed E-state index contributed by atoms with van der Waals surface area (Å²) in [4.78, 5) is 8.27. The van der Waals surface area contributed by atoms with Gasteiger partial charge in [0.2, 0.25) is 0 Å². The molecule has 0 bridgehead atoms. The van der Waals surface area contributed by atoms with Crippen LogP contribution in [0.25, 0.3) is 0 Å². The van der Waals surface area contributed by atoms with Gasteiger partial charge in [-0.3, -0.25) is 0 Å². The van der Waals surface area contributed by atoms with Gasteiger partial charge in [-0.2, -0.15) is 0 Å². The first-order chi connectivity index (χ1) is 7.29. The van der Waals surface area contributed by atoms with Crippen molar-refractivity contribution in [1.29, 1.82) is 0 Å². The molecule has 2 heterocycles. The largest absolute Gasteiger partial charge is 0.388 e. The van der Waals surface area contributed by atoms with Crippen molar-refractivity contribution >= 4 is 0 Å². The molecule has 0 aromatic carbocycles. The third-order valence-electron chi connectivity index (χ3n) is 2.00. The topological polar surface area (TPSA) is 76.7 Å².